The van der Waals surface area contributed by atoms with Crippen molar-refractivity contribution in [2.45, 2.75) is 19.3 Å². The topological polar surface area (TPSA) is 29.3 Å². The number of hydrogen-bond donors (Lipinski definition) is 0. The molecule has 8 aromatic rings. The molecule has 0 radical (unpaired) electrons. The van der Waals surface area contributed by atoms with Gasteiger partial charge in [-0.05, 0) is 70.8 Å². The van der Waals surface area contributed by atoms with Crippen molar-refractivity contribution in [2.75, 3.05) is 4.90 Å². The quantitative estimate of drug-likeness (QED) is 0.206. The third-order valence-electron chi connectivity index (χ3n) is 9.10. The Morgan fingerprint density at radius 1 is 0.636 bits per heavy atom. The van der Waals surface area contributed by atoms with E-state index in [4.69, 9.17) is 9.40 Å². The molecule has 9 rings (SSSR count). The van der Waals surface area contributed by atoms with Crippen molar-refractivity contribution in [3.63, 3.8) is 0 Å². The van der Waals surface area contributed by atoms with Gasteiger partial charge >= 0.3 is 0 Å². The normalized spacial score (nSPS) is 13.4. The van der Waals surface area contributed by atoms with Crippen molar-refractivity contribution >= 4 is 59.7 Å². The first-order valence-corrected chi connectivity index (χ1v) is 15.8. The lowest BCUT2D eigenvalue weighted by Crippen LogP contribution is -2.16. The first-order valence-electron chi connectivity index (χ1n) is 15.0. The molecule has 0 aliphatic heterocycles. The van der Waals surface area contributed by atoms with Crippen LogP contribution in [0.15, 0.2) is 138 Å². The van der Waals surface area contributed by atoms with Gasteiger partial charge in [-0.15, -0.1) is 11.3 Å². The van der Waals surface area contributed by atoms with Crippen LogP contribution in [-0.2, 0) is 5.41 Å². The highest BCUT2D eigenvalue weighted by Gasteiger charge is 2.36. The third kappa shape index (κ3) is 3.71. The van der Waals surface area contributed by atoms with Crippen LogP contribution in [0.4, 0.5) is 17.1 Å². The van der Waals surface area contributed by atoms with Crippen molar-refractivity contribution in [3.05, 3.63) is 145 Å². The fourth-order valence-corrected chi connectivity index (χ4v) is 8.13. The molecule has 0 N–H and O–H groups in total. The van der Waals surface area contributed by atoms with E-state index in [1.165, 1.54) is 42.4 Å². The van der Waals surface area contributed by atoms with Crippen LogP contribution in [0.1, 0.15) is 25.0 Å². The SMILES string of the molecule is CC1(C)c2ccccc2-c2ccc(N(c3ccc4nc(-c5ccccc5)oc4c3)c3cccc4c3sc3ccccc34)cc21. The van der Waals surface area contributed by atoms with Crippen LogP contribution in [0.25, 0.3) is 53.9 Å². The van der Waals surface area contributed by atoms with Crippen molar-refractivity contribution in [1.29, 1.82) is 0 Å². The summed E-state index contributed by atoms with van der Waals surface area (Å²) in [6, 6.07) is 47.6. The number of thiophene rings is 1. The first kappa shape index (κ1) is 25.3. The molecule has 0 amide bonds. The summed E-state index contributed by atoms with van der Waals surface area (Å²) in [7, 11) is 0. The van der Waals surface area contributed by atoms with Crippen LogP contribution < -0.4 is 4.90 Å². The maximum absolute atomic E-state index is 6.37. The van der Waals surface area contributed by atoms with Gasteiger partial charge in [0, 0.05) is 38.2 Å². The average molecular weight is 585 g/mol. The highest BCUT2D eigenvalue weighted by Crippen LogP contribution is 2.51. The lowest BCUT2D eigenvalue weighted by Gasteiger charge is -2.28. The van der Waals surface area contributed by atoms with Crippen molar-refractivity contribution in [3.8, 4) is 22.6 Å². The van der Waals surface area contributed by atoms with Crippen LogP contribution in [0.2, 0.25) is 0 Å². The summed E-state index contributed by atoms with van der Waals surface area (Å²) in [5.41, 5.74) is 11.2. The largest absolute Gasteiger partial charge is 0.436 e. The van der Waals surface area contributed by atoms with Crippen LogP contribution in [-0.4, -0.2) is 4.98 Å². The number of oxazole rings is 1. The Kier molecular flexibility index (Phi) is 5.41. The van der Waals surface area contributed by atoms with Crippen LogP contribution >= 0.6 is 11.3 Å². The minimum Gasteiger partial charge on any atom is -0.436 e. The Bertz CT molecular complexity index is 2380. The molecule has 0 atom stereocenters. The molecule has 6 aromatic carbocycles. The predicted octanol–water partition coefficient (Wildman–Crippen LogP) is 11.6. The Labute approximate surface area is 259 Å². The van der Waals surface area contributed by atoms with Crippen molar-refractivity contribution in [2.24, 2.45) is 0 Å². The highest BCUT2D eigenvalue weighted by atomic mass is 32.1. The van der Waals surface area contributed by atoms with E-state index in [-0.39, 0.29) is 5.41 Å². The van der Waals surface area contributed by atoms with Gasteiger partial charge in [0.2, 0.25) is 5.89 Å². The zero-order valence-electron chi connectivity index (χ0n) is 24.4. The number of anilines is 3. The zero-order chi connectivity index (χ0) is 29.4. The molecule has 2 heterocycles. The molecular weight excluding hydrogens is 557 g/mol. The van der Waals surface area contributed by atoms with Crippen LogP contribution in [0, 0.1) is 0 Å². The molecule has 2 aromatic heterocycles. The van der Waals surface area contributed by atoms with E-state index in [0.717, 1.165) is 33.7 Å². The molecule has 44 heavy (non-hydrogen) atoms. The highest BCUT2D eigenvalue weighted by molar-refractivity contribution is 7.26. The predicted molar refractivity (Wildman–Crippen MR) is 185 cm³/mol. The molecule has 210 valence electrons. The minimum absolute atomic E-state index is 0.100. The average Bonchev–Trinajstić information content (AvgIpc) is 3.73. The van der Waals surface area contributed by atoms with Gasteiger partial charge in [0.15, 0.2) is 5.58 Å². The van der Waals surface area contributed by atoms with Gasteiger partial charge in [-0.3, -0.25) is 0 Å². The summed E-state index contributed by atoms with van der Waals surface area (Å²) in [5.74, 6) is 0.632. The van der Waals surface area contributed by atoms with Crippen LogP contribution in [0.5, 0.6) is 0 Å². The smallest absolute Gasteiger partial charge is 0.227 e. The number of benzene rings is 6. The summed E-state index contributed by atoms with van der Waals surface area (Å²) in [6.45, 7) is 4.67. The summed E-state index contributed by atoms with van der Waals surface area (Å²) in [4.78, 5) is 7.20. The minimum atomic E-state index is -0.100. The third-order valence-corrected chi connectivity index (χ3v) is 10.3. The van der Waals surface area contributed by atoms with E-state index in [1.807, 2.05) is 41.7 Å². The maximum Gasteiger partial charge on any atom is 0.227 e. The number of fused-ring (bicyclic) bond motifs is 7. The number of nitrogens with zero attached hydrogens (tertiary/aromatic N) is 2. The Morgan fingerprint density at radius 3 is 2.27 bits per heavy atom. The van der Waals surface area contributed by atoms with Gasteiger partial charge in [0.05, 0.1) is 16.1 Å². The standard InChI is InChI=1S/C40H28N2OS/c1-40(2)32-16-8-6-13-28(32)29-21-19-26(23-33(29)40)42(35-17-10-15-31-30-14-7-9-18-37(30)44-38(31)35)27-20-22-34-36(24-27)43-39(41-34)25-11-4-3-5-12-25/h3-24H,1-2H3. The van der Waals surface area contributed by atoms with E-state index < -0.39 is 0 Å². The van der Waals surface area contributed by atoms with E-state index in [9.17, 15) is 0 Å². The lowest BCUT2D eigenvalue weighted by atomic mass is 9.82. The van der Waals surface area contributed by atoms with E-state index >= 15 is 0 Å². The Balaban J connectivity index is 1.28. The molecule has 0 bridgehead atoms. The number of hydrogen-bond acceptors (Lipinski definition) is 4. The van der Waals surface area contributed by atoms with Crippen LogP contribution in [0.3, 0.4) is 0 Å². The monoisotopic (exact) mass is 584 g/mol. The Hall–Kier alpha value is -5.19. The van der Waals surface area contributed by atoms with Gasteiger partial charge in [-0.1, -0.05) is 92.7 Å². The van der Waals surface area contributed by atoms with E-state index in [0.29, 0.717) is 5.89 Å². The first-order chi connectivity index (χ1) is 21.6. The Morgan fingerprint density at radius 2 is 1.36 bits per heavy atom. The second-order valence-electron chi connectivity index (χ2n) is 12.0. The van der Waals surface area contributed by atoms with Gasteiger partial charge < -0.3 is 9.32 Å². The summed E-state index contributed by atoms with van der Waals surface area (Å²) in [6.07, 6.45) is 0. The molecule has 0 unspecified atom stereocenters. The van der Waals surface area contributed by atoms with Gasteiger partial charge in [-0.2, -0.15) is 0 Å². The van der Waals surface area contributed by atoms with Gasteiger partial charge in [0.1, 0.15) is 5.52 Å². The van der Waals surface area contributed by atoms with E-state index in [2.05, 4.69) is 122 Å². The molecule has 0 spiro atoms. The lowest BCUT2D eigenvalue weighted by molar-refractivity contribution is 0.620. The zero-order valence-corrected chi connectivity index (χ0v) is 25.2. The molecule has 4 heteroatoms. The number of aromatic nitrogens is 1. The summed E-state index contributed by atoms with van der Waals surface area (Å²) < 4.78 is 8.92. The summed E-state index contributed by atoms with van der Waals surface area (Å²) >= 11 is 1.85. The fraction of sp³-hybridized carbons (Fsp3) is 0.0750. The molecule has 0 fully saturated rings. The molecule has 3 nitrogen and oxygen atoms in total. The molecular formula is C40H28N2OS. The molecule has 1 aliphatic carbocycles. The molecule has 0 saturated carbocycles. The van der Waals surface area contributed by atoms with E-state index in [1.54, 1.807) is 0 Å². The second-order valence-corrected chi connectivity index (χ2v) is 13.1. The number of rotatable bonds is 4. The fourth-order valence-electron chi connectivity index (χ4n) is 6.92. The van der Waals surface area contributed by atoms with Crippen molar-refractivity contribution in [1.82, 2.24) is 4.98 Å². The van der Waals surface area contributed by atoms with Gasteiger partial charge in [0.25, 0.3) is 0 Å². The second kappa shape index (κ2) is 9.40. The summed E-state index contributed by atoms with van der Waals surface area (Å²) in [5, 5.41) is 2.56. The molecule has 1 aliphatic rings. The van der Waals surface area contributed by atoms with Crippen molar-refractivity contribution < 1.29 is 4.42 Å². The van der Waals surface area contributed by atoms with Gasteiger partial charge in [-0.25, -0.2) is 4.98 Å². The molecule has 0 saturated heterocycles. The maximum atomic E-state index is 6.37.